The molecule has 0 unspecified atom stereocenters. The van der Waals surface area contributed by atoms with Crippen LogP contribution in [0.25, 0.3) is 11.1 Å². The lowest BCUT2D eigenvalue weighted by Crippen LogP contribution is -2.19. The minimum Gasteiger partial charge on any atom is -0.409 e. The van der Waals surface area contributed by atoms with Crippen LogP contribution in [0.15, 0.2) is 48.5 Å². The third-order valence-corrected chi connectivity index (χ3v) is 4.52. The van der Waals surface area contributed by atoms with E-state index in [4.69, 9.17) is 10.1 Å². The third-order valence-electron chi connectivity index (χ3n) is 4.52. The van der Waals surface area contributed by atoms with Crippen molar-refractivity contribution in [1.29, 1.82) is 5.26 Å². The molecule has 2 aromatic carbocycles. The van der Waals surface area contributed by atoms with Crippen molar-refractivity contribution in [3.63, 3.8) is 0 Å². The minimum atomic E-state index is 0.680. The van der Waals surface area contributed by atoms with Gasteiger partial charge in [0.1, 0.15) is 5.75 Å². The fourth-order valence-corrected chi connectivity index (χ4v) is 2.92. The Morgan fingerprint density at radius 1 is 0.769 bits per heavy atom. The highest BCUT2D eigenvalue weighted by Gasteiger charge is 2.00. The molecule has 0 aliphatic rings. The quantitative estimate of drug-likeness (QED) is 0.363. The highest BCUT2D eigenvalue weighted by atomic mass is 16.6. The second-order valence-corrected chi connectivity index (χ2v) is 6.68. The fraction of sp³-hybridized carbons (Fsp3) is 0.435. The molecule has 1 N–H and O–H groups in total. The molecule has 3 heteroatoms. The van der Waals surface area contributed by atoms with Crippen LogP contribution in [0.5, 0.6) is 5.75 Å². The lowest BCUT2D eigenvalue weighted by molar-refractivity contribution is 0.193. The molecule has 2 rings (SSSR count). The Balaban J connectivity index is 1.61. The number of hydrogen-bond acceptors (Lipinski definition) is 3. The summed E-state index contributed by atoms with van der Waals surface area (Å²) in [6, 6.07) is 17.8. The van der Waals surface area contributed by atoms with Gasteiger partial charge in [0.2, 0.25) is 0 Å². The molecule has 0 spiro atoms. The highest BCUT2D eigenvalue weighted by molar-refractivity contribution is 5.64. The lowest BCUT2D eigenvalue weighted by atomic mass is 10.0. The zero-order chi connectivity index (χ0) is 18.5. The molecule has 0 fully saturated rings. The first-order valence-corrected chi connectivity index (χ1v) is 9.84. The van der Waals surface area contributed by atoms with Crippen molar-refractivity contribution in [3.8, 4) is 22.9 Å². The fourth-order valence-electron chi connectivity index (χ4n) is 2.92. The Morgan fingerprint density at radius 2 is 1.31 bits per heavy atom. The molecule has 0 radical (unpaired) electrons. The molecular weight excluding hydrogens is 320 g/mol. The number of nitrogens with zero attached hydrogens (tertiary/aromatic N) is 1. The van der Waals surface area contributed by atoms with Gasteiger partial charge in [-0.05, 0) is 41.8 Å². The number of hydroxylamine groups is 1. The second kappa shape index (κ2) is 12.1. The third kappa shape index (κ3) is 7.29. The van der Waals surface area contributed by atoms with Gasteiger partial charge in [-0.25, -0.2) is 0 Å². The van der Waals surface area contributed by atoms with Crippen LogP contribution in [0.3, 0.4) is 0 Å². The van der Waals surface area contributed by atoms with E-state index in [2.05, 4.69) is 18.5 Å². The van der Waals surface area contributed by atoms with Crippen molar-refractivity contribution in [2.24, 2.45) is 0 Å². The van der Waals surface area contributed by atoms with Crippen LogP contribution in [-0.4, -0.2) is 6.54 Å². The maximum Gasteiger partial charge on any atom is 0.147 e. The van der Waals surface area contributed by atoms with Crippen LogP contribution in [0, 0.1) is 11.3 Å². The minimum absolute atomic E-state index is 0.680. The molecule has 0 aliphatic carbocycles. The monoisotopic (exact) mass is 350 g/mol. The van der Waals surface area contributed by atoms with Crippen LogP contribution in [0.2, 0.25) is 0 Å². The van der Waals surface area contributed by atoms with Gasteiger partial charge in [-0.3, -0.25) is 0 Å². The summed E-state index contributed by atoms with van der Waals surface area (Å²) in [5, 5.41) is 8.86. The molecule has 3 nitrogen and oxygen atoms in total. The second-order valence-electron chi connectivity index (χ2n) is 6.68. The summed E-state index contributed by atoms with van der Waals surface area (Å²) >= 11 is 0. The molecule has 2 aromatic rings. The van der Waals surface area contributed by atoms with Crippen molar-refractivity contribution in [3.05, 3.63) is 54.1 Å². The standard InChI is InChI=1S/C23H30N2O/c1-2-3-4-5-6-7-8-9-18-25-26-23-16-14-22(15-17-23)21-12-10-20(19-24)11-13-21/h10-17,25H,2-9,18H2,1H3. The smallest absolute Gasteiger partial charge is 0.147 e. The van der Waals surface area contributed by atoms with Crippen molar-refractivity contribution in [2.75, 3.05) is 6.54 Å². The summed E-state index contributed by atoms with van der Waals surface area (Å²) in [5.74, 6) is 0.821. The number of unbranched alkanes of at least 4 members (excludes halogenated alkanes) is 7. The van der Waals surface area contributed by atoms with Gasteiger partial charge in [-0.2, -0.15) is 10.7 Å². The molecule has 26 heavy (non-hydrogen) atoms. The first-order chi connectivity index (χ1) is 12.8. The van der Waals surface area contributed by atoms with Gasteiger partial charge in [-0.15, -0.1) is 0 Å². The molecule has 0 amide bonds. The summed E-state index contributed by atoms with van der Waals surface area (Å²) < 4.78 is 0. The molecule has 0 saturated carbocycles. The SMILES string of the molecule is CCCCCCCCCCNOc1ccc(-c2ccc(C#N)cc2)cc1. The van der Waals surface area contributed by atoms with Gasteiger partial charge >= 0.3 is 0 Å². The molecule has 0 saturated heterocycles. The van der Waals surface area contributed by atoms with Gasteiger partial charge in [0, 0.05) is 6.54 Å². The average Bonchev–Trinajstić information content (AvgIpc) is 2.70. The Morgan fingerprint density at radius 3 is 1.88 bits per heavy atom. The van der Waals surface area contributed by atoms with E-state index >= 15 is 0 Å². The maximum absolute atomic E-state index is 8.86. The predicted molar refractivity (Wildman–Crippen MR) is 108 cm³/mol. The Kier molecular flexibility index (Phi) is 9.32. The first kappa shape index (κ1) is 20.0. The number of hydrogen-bond donors (Lipinski definition) is 1. The van der Waals surface area contributed by atoms with Crippen LogP contribution in [-0.2, 0) is 0 Å². The van der Waals surface area contributed by atoms with E-state index in [1.807, 2.05) is 48.5 Å². The zero-order valence-electron chi connectivity index (χ0n) is 15.8. The van der Waals surface area contributed by atoms with E-state index in [9.17, 15) is 0 Å². The van der Waals surface area contributed by atoms with E-state index in [1.165, 1.54) is 44.9 Å². The number of nitrogens with one attached hydrogen (secondary N) is 1. The van der Waals surface area contributed by atoms with Crippen LogP contribution in [0.4, 0.5) is 0 Å². The van der Waals surface area contributed by atoms with Crippen molar-refractivity contribution >= 4 is 0 Å². The van der Waals surface area contributed by atoms with Crippen molar-refractivity contribution < 1.29 is 4.84 Å². The molecule has 0 aromatic heterocycles. The Labute approximate surface area is 158 Å². The van der Waals surface area contributed by atoms with E-state index in [1.54, 1.807) is 0 Å². The average molecular weight is 351 g/mol. The topological polar surface area (TPSA) is 45.0 Å². The van der Waals surface area contributed by atoms with Gasteiger partial charge in [0.15, 0.2) is 0 Å². The summed E-state index contributed by atoms with van der Waals surface area (Å²) in [4.78, 5) is 5.60. The maximum atomic E-state index is 8.86. The summed E-state index contributed by atoms with van der Waals surface area (Å²) in [6.07, 6.45) is 10.5. The van der Waals surface area contributed by atoms with E-state index in [-0.39, 0.29) is 0 Å². The normalized spacial score (nSPS) is 10.5. The predicted octanol–water partition coefficient (Wildman–Crippen LogP) is 6.25. The first-order valence-electron chi connectivity index (χ1n) is 9.84. The lowest BCUT2D eigenvalue weighted by Gasteiger charge is -2.08. The Bertz CT molecular complexity index is 656. The van der Waals surface area contributed by atoms with Gasteiger partial charge in [0.05, 0.1) is 11.6 Å². The van der Waals surface area contributed by atoms with Gasteiger partial charge in [0.25, 0.3) is 0 Å². The number of nitriles is 1. The molecule has 0 atom stereocenters. The molecule has 138 valence electrons. The van der Waals surface area contributed by atoms with Crippen LogP contribution in [0.1, 0.15) is 63.9 Å². The van der Waals surface area contributed by atoms with Crippen LogP contribution >= 0.6 is 0 Å². The van der Waals surface area contributed by atoms with E-state index < -0.39 is 0 Å². The largest absolute Gasteiger partial charge is 0.409 e. The summed E-state index contributed by atoms with van der Waals surface area (Å²) in [6.45, 7) is 3.14. The van der Waals surface area contributed by atoms with Gasteiger partial charge < -0.3 is 4.84 Å². The summed E-state index contributed by atoms with van der Waals surface area (Å²) in [7, 11) is 0. The molecule has 0 aliphatic heterocycles. The number of rotatable bonds is 12. The van der Waals surface area contributed by atoms with Crippen molar-refractivity contribution in [2.45, 2.75) is 58.3 Å². The van der Waals surface area contributed by atoms with Gasteiger partial charge in [-0.1, -0.05) is 76.1 Å². The highest BCUT2D eigenvalue weighted by Crippen LogP contribution is 2.22. The van der Waals surface area contributed by atoms with E-state index in [0.717, 1.165) is 29.8 Å². The zero-order valence-corrected chi connectivity index (χ0v) is 15.8. The summed E-state index contributed by atoms with van der Waals surface area (Å²) in [5.41, 5.74) is 5.95. The van der Waals surface area contributed by atoms with E-state index in [0.29, 0.717) is 5.56 Å². The number of benzene rings is 2. The Hall–Kier alpha value is -2.31. The van der Waals surface area contributed by atoms with Crippen molar-refractivity contribution in [1.82, 2.24) is 5.48 Å². The molecule has 0 heterocycles. The van der Waals surface area contributed by atoms with Crippen LogP contribution < -0.4 is 10.3 Å². The molecule has 0 bridgehead atoms. The molecular formula is C23H30N2O.